The highest BCUT2D eigenvalue weighted by Crippen LogP contribution is 2.23. The number of nitrogen functional groups attached to an aromatic ring is 1. The summed E-state index contributed by atoms with van der Waals surface area (Å²) in [5.41, 5.74) is 9.00. The third-order valence-corrected chi connectivity index (χ3v) is 2.97. The molecule has 0 spiro atoms. The number of thiol groups is 1. The normalized spacial score (nSPS) is 16.0. The zero-order valence-electron chi connectivity index (χ0n) is 6.25. The van der Waals surface area contributed by atoms with Crippen molar-refractivity contribution in [1.29, 1.82) is 0 Å². The fourth-order valence-electron chi connectivity index (χ4n) is 1.30. The van der Waals surface area contributed by atoms with E-state index in [0.29, 0.717) is 0 Å². The summed E-state index contributed by atoms with van der Waals surface area (Å²) >= 11 is 1.51. The van der Waals surface area contributed by atoms with Gasteiger partial charge in [0.05, 0.1) is 11.9 Å². The second-order valence-corrected chi connectivity index (χ2v) is 3.94. The third kappa shape index (κ3) is 1.33. The highest BCUT2D eigenvalue weighted by Gasteiger charge is 2.08. The summed E-state index contributed by atoms with van der Waals surface area (Å²) in [6.45, 7) is 0. The average molecular weight is 167 g/mol. The number of hydrogen-bond donors (Lipinski definition) is 2. The number of anilines is 1. The van der Waals surface area contributed by atoms with E-state index in [-0.39, 0.29) is 0 Å². The second kappa shape index (κ2) is 2.74. The summed E-state index contributed by atoms with van der Waals surface area (Å²) in [5, 5.41) is 0. The van der Waals surface area contributed by atoms with Crippen molar-refractivity contribution < 1.29 is 0 Å². The van der Waals surface area contributed by atoms with Crippen LogP contribution in [0.15, 0.2) is 12.3 Å². The van der Waals surface area contributed by atoms with Gasteiger partial charge in [0, 0.05) is 11.4 Å². The predicted octanol–water partition coefficient (Wildman–Crippen LogP) is 1.19. The Kier molecular flexibility index (Phi) is 1.74. The lowest BCUT2D eigenvalue weighted by Gasteiger charge is -2.14. The van der Waals surface area contributed by atoms with Crippen LogP contribution in [0.5, 0.6) is 0 Å². The van der Waals surface area contributed by atoms with Crippen molar-refractivity contribution in [3.63, 3.8) is 0 Å². The number of rotatable bonds is 0. The number of aryl methyl sites for hydroxylation is 1. The van der Waals surface area contributed by atoms with E-state index >= 15 is 0 Å². The molecule has 59 valence electrons. The van der Waals surface area contributed by atoms with Crippen molar-refractivity contribution in [3.05, 3.63) is 23.5 Å². The standard InChI is InChI=1S/C8H11N2S/c9-7-3-6-5-11-2-1-8(6)10-4-7/h3-4,11H,1-2,5,9H2. The molecule has 0 aromatic carbocycles. The first-order chi connectivity index (χ1) is 5.36. The molecular weight excluding hydrogens is 156 g/mol. The minimum atomic E-state index is 0.792. The zero-order chi connectivity index (χ0) is 7.68. The molecule has 0 unspecified atom stereocenters. The monoisotopic (exact) mass is 167 g/mol. The third-order valence-electron chi connectivity index (χ3n) is 1.87. The van der Waals surface area contributed by atoms with Crippen LogP contribution in [0.3, 0.4) is 0 Å². The van der Waals surface area contributed by atoms with Crippen molar-refractivity contribution in [2.45, 2.75) is 12.2 Å². The molecule has 1 aliphatic rings. The van der Waals surface area contributed by atoms with Gasteiger partial charge in [-0.05, 0) is 23.8 Å². The summed E-state index contributed by atoms with van der Waals surface area (Å²) in [7, 11) is 0. The van der Waals surface area contributed by atoms with Crippen LogP contribution in [-0.4, -0.2) is 10.7 Å². The Bertz CT molecular complexity index is 273. The first kappa shape index (κ1) is 6.98. The number of pyridine rings is 1. The van der Waals surface area contributed by atoms with Crippen LogP contribution in [0.25, 0.3) is 0 Å². The average Bonchev–Trinajstić information content (AvgIpc) is 2.04. The van der Waals surface area contributed by atoms with Gasteiger partial charge in [-0.1, -0.05) is 0 Å². The Labute approximate surface area is 70.2 Å². The molecule has 0 atom stereocenters. The Hall–Kier alpha value is -0.700. The summed E-state index contributed by atoms with van der Waals surface area (Å²) in [6.07, 6.45) is 2.87. The molecule has 0 bridgehead atoms. The molecule has 3 heteroatoms. The van der Waals surface area contributed by atoms with Gasteiger partial charge >= 0.3 is 0 Å². The second-order valence-electron chi connectivity index (χ2n) is 2.73. The number of aromatic nitrogens is 1. The summed E-state index contributed by atoms with van der Waals surface area (Å²) in [5.74, 6) is 2.39. The number of fused-ring (bicyclic) bond motifs is 1. The lowest BCUT2D eigenvalue weighted by atomic mass is 10.1. The minimum absolute atomic E-state index is 0.792. The largest absolute Gasteiger partial charge is 0.397 e. The molecule has 0 fully saturated rings. The molecule has 2 N–H and O–H groups in total. The van der Waals surface area contributed by atoms with Gasteiger partial charge in [-0.2, -0.15) is 0 Å². The lowest BCUT2D eigenvalue weighted by molar-refractivity contribution is 0.994. The van der Waals surface area contributed by atoms with Crippen molar-refractivity contribution in [1.82, 2.24) is 4.98 Å². The molecule has 11 heavy (non-hydrogen) atoms. The van der Waals surface area contributed by atoms with E-state index in [1.807, 2.05) is 0 Å². The van der Waals surface area contributed by atoms with Crippen LogP contribution < -0.4 is 5.73 Å². The first-order valence-electron chi connectivity index (χ1n) is 3.73. The molecule has 1 radical (unpaired) electrons. The maximum absolute atomic E-state index is 5.62. The minimum Gasteiger partial charge on any atom is -0.397 e. The lowest BCUT2D eigenvalue weighted by Crippen LogP contribution is -2.05. The van der Waals surface area contributed by atoms with Gasteiger partial charge in [-0.3, -0.25) is 4.98 Å². The van der Waals surface area contributed by atoms with Crippen LogP contribution in [0.4, 0.5) is 5.69 Å². The van der Waals surface area contributed by atoms with Crippen LogP contribution in [0.2, 0.25) is 0 Å². The van der Waals surface area contributed by atoms with Gasteiger partial charge in [0.1, 0.15) is 0 Å². The molecule has 2 rings (SSSR count). The smallest absolute Gasteiger partial charge is 0.0503 e. The fraction of sp³-hybridized carbons (Fsp3) is 0.375. The maximum atomic E-state index is 5.62. The van der Waals surface area contributed by atoms with Gasteiger partial charge in [0.15, 0.2) is 0 Å². The molecular formula is C8H11N2S. The Balaban J connectivity index is 2.43. The molecule has 0 saturated heterocycles. The van der Waals surface area contributed by atoms with E-state index in [2.05, 4.69) is 11.1 Å². The zero-order valence-corrected chi connectivity index (χ0v) is 7.14. The van der Waals surface area contributed by atoms with Crippen molar-refractivity contribution in [2.75, 3.05) is 11.5 Å². The molecule has 0 aliphatic carbocycles. The van der Waals surface area contributed by atoms with Crippen molar-refractivity contribution in [3.8, 4) is 0 Å². The van der Waals surface area contributed by atoms with Crippen molar-refractivity contribution in [2.24, 2.45) is 0 Å². The number of nitrogens with two attached hydrogens (primary N) is 1. The summed E-state index contributed by atoms with van der Waals surface area (Å²) < 4.78 is 0. The van der Waals surface area contributed by atoms with E-state index in [9.17, 15) is 0 Å². The van der Waals surface area contributed by atoms with E-state index in [4.69, 9.17) is 5.73 Å². The predicted molar refractivity (Wildman–Crippen MR) is 49.9 cm³/mol. The number of hydrogen-bond acceptors (Lipinski definition) is 2. The van der Waals surface area contributed by atoms with Gasteiger partial charge in [0.2, 0.25) is 0 Å². The molecule has 2 heterocycles. The first-order valence-corrected chi connectivity index (χ1v) is 4.99. The molecule has 1 aromatic rings. The highest BCUT2D eigenvalue weighted by atomic mass is 32.2. The summed E-state index contributed by atoms with van der Waals surface area (Å²) in [6, 6.07) is 2.05. The van der Waals surface area contributed by atoms with Crippen LogP contribution >= 0.6 is 11.8 Å². The summed E-state index contributed by atoms with van der Waals surface area (Å²) in [4.78, 5) is 4.29. The Morgan fingerprint density at radius 3 is 3.36 bits per heavy atom. The Morgan fingerprint density at radius 1 is 1.55 bits per heavy atom. The quantitative estimate of drug-likeness (QED) is 0.570. The van der Waals surface area contributed by atoms with Gasteiger partial charge < -0.3 is 5.73 Å². The van der Waals surface area contributed by atoms with Crippen LogP contribution in [-0.2, 0) is 12.2 Å². The molecule has 0 saturated carbocycles. The van der Waals surface area contributed by atoms with Crippen LogP contribution in [0.1, 0.15) is 11.3 Å². The van der Waals surface area contributed by atoms with E-state index < -0.39 is 0 Å². The van der Waals surface area contributed by atoms with Gasteiger partial charge in [0.25, 0.3) is 0 Å². The molecule has 2 nitrogen and oxygen atoms in total. The molecule has 1 aromatic heterocycles. The number of nitrogens with zero attached hydrogens (tertiary/aromatic N) is 1. The van der Waals surface area contributed by atoms with E-state index in [0.717, 1.165) is 17.9 Å². The van der Waals surface area contributed by atoms with Crippen molar-refractivity contribution >= 4 is 17.4 Å². The fourth-order valence-corrected chi connectivity index (χ4v) is 2.35. The maximum Gasteiger partial charge on any atom is 0.0503 e. The molecule has 1 aliphatic heterocycles. The van der Waals surface area contributed by atoms with E-state index in [1.54, 1.807) is 6.20 Å². The van der Waals surface area contributed by atoms with Gasteiger partial charge in [-0.15, -0.1) is 0 Å². The Morgan fingerprint density at radius 2 is 2.45 bits per heavy atom. The SMILES string of the molecule is Nc1cnc2c(c1)C[SH]CC2. The topological polar surface area (TPSA) is 38.9 Å². The van der Waals surface area contributed by atoms with E-state index in [1.165, 1.54) is 28.8 Å². The van der Waals surface area contributed by atoms with Gasteiger partial charge in [-0.25, -0.2) is 11.8 Å². The molecule has 0 amide bonds. The van der Waals surface area contributed by atoms with Crippen LogP contribution in [0, 0.1) is 0 Å². The highest BCUT2D eigenvalue weighted by molar-refractivity contribution is 7.98.